The molecule has 1 N–H and O–H groups in total. The van der Waals surface area contributed by atoms with E-state index in [1.54, 1.807) is 17.7 Å². The summed E-state index contributed by atoms with van der Waals surface area (Å²) in [5, 5.41) is 10.8. The van der Waals surface area contributed by atoms with Gasteiger partial charge in [-0.05, 0) is 31.2 Å². The quantitative estimate of drug-likeness (QED) is 0.943. The van der Waals surface area contributed by atoms with E-state index in [9.17, 15) is 9.90 Å². The standard InChI is InChI=1S/C16H19N3O2S/c1-2-11-6-12-13(17-9-18-14(12)22-11)19-7-10-4-3-5-16(10,8-19)15(20)21/h6,9-10H,2-5,7-8H2,1H3,(H,20,21)/t10-,16+/m0/s1. The molecule has 5 nitrogen and oxygen atoms in total. The Morgan fingerprint density at radius 2 is 2.41 bits per heavy atom. The molecule has 0 spiro atoms. The molecule has 2 aliphatic rings. The van der Waals surface area contributed by atoms with E-state index < -0.39 is 11.4 Å². The van der Waals surface area contributed by atoms with Gasteiger partial charge in [0.25, 0.3) is 0 Å². The summed E-state index contributed by atoms with van der Waals surface area (Å²) in [7, 11) is 0. The van der Waals surface area contributed by atoms with E-state index >= 15 is 0 Å². The number of carboxylic acid groups (broad SMARTS) is 1. The van der Waals surface area contributed by atoms with Gasteiger partial charge < -0.3 is 10.0 Å². The van der Waals surface area contributed by atoms with Crippen LogP contribution in [0.15, 0.2) is 12.4 Å². The van der Waals surface area contributed by atoms with Crippen LogP contribution in [0.4, 0.5) is 5.82 Å². The van der Waals surface area contributed by atoms with Crippen LogP contribution in [-0.2, 0) is 11.2 Å². The minimum atomic E-state index is -0.637. The average Bonchev–Trinajstić information content (AvgIpc) is 3.17. The third-order valence-corrected chi connectivity index (χ3v) is 6.49. The molecule has 4 rings (SSSR count). The third kappa shape index (κ3) is 1.86. The van der Waals surface area contributed by atoms with Crippen molar-refractivity contribution in [1.82, 2.24) is 9.97 Å². The van der Waals surface area contributed by atoms with Crippen LogP contribution in [0.25, 0.3) is 10.2 Å². The molecule has 2 atom stereocenters. The first-order valence-corrected chi connectivity index (χ1v) is 8.67. The second kappa shape index (κ2) is 4.91. The smallest absolute Gasteiger partial charge is 0.311 e. The highest BCUT2D eigenvalue weighted by atomic mass is 32.1. The minimum Gasteiger partial charge on any atom is -0.481 e. The Labute approximate surface area is 133 Å². The van der Waals surface area contributed by atoms with Gasteiger partial charge in [-0.1, -0.05) is 13.3 Å². The van der Waals surface area contributed by atoms with E-state index in [-0.39, 0.29) is 5.92 Å². The van der Waals surface area contributed by atoms with Crippen molar-refractivity contribution in [1.29, 1.82) is 0 Å². The van der Waals surface area contributed by atoms with Crippen LogP contribution in [0.3, 0.4) is 0 Å². The highest BCUT2D eigenvalue weighted by molar-refractivity contribution is 7.18. The fraction of sp³-hybridized carbons (Fsp3) is 0.562. The lowest BCUT2D eigenvalue weighted by atomic mass is 9.81. The zero-order valence-corrected chi connectivity index (χ0v) is 13.4. The fourth-order valence-corrected chi connectivity index (χ4v) is 5.05. The van der Waals surface area contributed by atoms with Crippen LogP contribution < -0.4 is 4.90 Å². The predicted octanol–water partition coefficient (Wildman–Crippen LogP) is 2.94. The summed E-state index contributed by atoms with van der Waals surface area (Å²) < 4.78 is 0. The lowest BCUT2D eigenvalue weighted by Crippen LogP contribution is -2.35. The van der Waals surface area contributed by atoms with Gasteiger partial charge in [0.05, 0.1) is 10.8 Å². The minimum absolute atomic E-state index is 0.249. The number of carbonyl (C=O) groups is 1. The number of hydrogen-bond donors (Lipinski definition) is 1. The number of fused-ring (bicyclic) bond motifs is 2. The lowest BCUT2D eigenvalue weighted by Gasteiger charge is -2.23. The number of nitrogens with zero attached hydrogens (tertiary/aromatic N) is 3. The van der Waals surface area contributed by atoms with Crippen LogP contribution in [0.5, 0.6) is 0 Å². The molecule has 2 aromatic heterocycles. The predicted molar refractivity (Wildman–Crippen MR) is 86.4 cm³/mol. The number of rotatable bonds is 3. The summed E-state index contributed by atoms with van der Waals surface area (Å²) in [6, 6.07) is 2.16. The molecule has 2 aromatic rings. The second-order valence-corrected chi connectivity index (χ2v) is 7.53. The van der Waals surface area contributed by atoms with Crippen LogP contribution in [-0.4, -0.2) is 34.1 Å². The first-order chi connectivity index (χ1) is 10.6. The van der Waals surface area contributed by atoms with Crippen molar-refractivity contribution in [3.63, 3.8) is 0 Å². The molecule has 6 heteroatoms. The number of aromatic nitrogens is 2. The number of thiophene rings is 1. The number of hydrogen-bond acceptors (Lipinski definition) is 5. The Morgan fingerprint density at radius 1 is 1.55 bits per heavy atom. The largest absolute Gasteiger partial charge is 0.481 e. The van der Waals surface area contributed by atoms with Gasteiger partial charge >= 0.3 is 5.97 Å². The summed E-state index contributed by atoms with van der Waals surface area (Å²) in [5.74, 6) is 0.526. The molecule has 1 aliphatic carbocycles. The molecule has 0 aromatic carbocycles. The molecule has 0 amide bonds. The zero-order chi connectivity index (χ0) is 15.3. The maximum Gasteiger partial charge on any atom is 0.311 e. The fourth-order valence-electron chi connectivity index (χ4n) is 4.12. The maximum absolute atomic E-state index is 11.8. The van der Waals surface area contributed by atoms with Gasteiger partial charge in [-0.3, -0.25) is 4.79 Å². The van der Waals surface area contributed by atoms with E-state index in [2.05, 4.69) is 27.9 Å². The number of aliphatic carboxylic acids is 1. The molecule has 0 bridgehead atoms. The Kier molecular flexibility index (Phi) is 3.11. The Morgan fingerprint density at radius 3 is 3.14 bits per heavy atom. The third-order valence-electron chi connectivity index (χ3n) is 5.30. The van der Waals surface area contributed by atoms with E-state index in [4.69, 9.17) is 0 Å². The highest BCUT2D eigenvalue weighted by Crippen LogP contribution is 2.50. The molecule has 116 valence electrons. The second-order valence-electron chi connectivity index (χ2n) is 6.41. The molecule has 3 heterocycles. The normalized spacial score (nSPS) is 27.5. The van der Waals surface area contributed by atoms with Crippen molar-refractivity contribution in [3.05, 3.63) is 17.3 Å². The molecule has 0 radical (unpaired) electrons. The summed E-state index contributed by atoms with van der Waals surface area (Å²) >= 11 is 1.70. The van der Waals surface area contributed by atoms with Crippen molar-refractivity contribution >= 4 is 33.3 Å². The Balaban J connectivity index is 1.75. The highest BCUT2D eigenvalue weighted by Gasteiger charge is 2.55. The number of aryl methyl sites for hydroxylation is 1. The lowest BCUT2D eigenvalue weighted by molar-refractivity contribution is -0.149. The van der Waals surface area contributed by atoms with Gasteiger partial charge in [0, 0.05) is 18.0 Å². The molecular weight excluding hydrogens is 298 g/mol. The van der Waals surface area contributed by atoms with Crippen LogP contribution in [0.1, 0.15) is 31.1 Å². The summed E-state index contributed by atoms with van der Waals surface area (Å²) in [6.07, 6.45) is 5.43. The van der Waals surface area contributed by atoms with Crippen molar-refractivity contribution in [3.8, 4) is 0 Å². The van der Waals surface area contributed by atoms with E-state index in [0.29, 0.717) is 6.54 Å². The molecule has 2 fully saturated rings. The van der Waals surface area contributed by atoms with Crippen LogP contribution in [0.2, 0.25) is 0 Å². The van der Waals surface area contributed by atoms with Gasteiger partial charge in [0.1, 0.15) is 17.0 Å². The summed E-state index contributed by atoms with van der Waals surface area (Å²) in [6.45, 7) is 3.52. The van der Waals surface area contributed by atoms with Crippen molar-refractivity contribution < 1.29 is 9.90 Å². The topological polar surface area (TPSA) is 66.3 Å². The SMILES string of the molecule is CCc1cc2c(N3C[C@@H]4CCC[C@@]4(C(=O)O)C3)ncnc2s1. The van der Waals surface area contributed by atoms with E-state index in [1.807, 2.05) is 0 Å². The molecular formula is C16H19N3O2S. The summed E-state index contributed by atoms with van der Waals surface area (Å²) in [4.78, 5) is 25.2. The van der Waals surface area contributed by atoms with Gasteiger partial charge in [0.15, 0.2) is 0 Å². The Bertz CT molecular complexity index is 744. The monoisotopic (exact) mass is 317 g/mol. The average molecular weight is 317 g/mol. The van der Waals surface area contributed by atoms with Gasteiger partial charge in [-0.15, -0.1) is 11.3 Å². The summed E-state index contributed by atoms with van der Waals surface area (Å²) in [5.41, 5.74) is -0.569. The number of anilines is 1. The molecule has 1 aliphatic heterocycles. The van der Waals surface area contributed by atoms with Crippen molar-refractivity contribution in [2.24, 2.45) is 11.3 Å². The van der Waals surface area contributed by atoms with Crippen LogP contribution in [0, 0.1) is 11.3 Å². The van der Waals surface area contributed by atoms with E-state index in [0.717, 1.165) is 48.3 Å². The van der Waals surface area contributed by atoms with E-state index in [1.165, 1.54) is 4.88 Å². The first kappa shape index (κ1) is 13.9. The van der Waals surface area contributed by atoms with Gasteiger partial charge in [-0.25, -0.2) is 9.97 Å². The van der Waals surface area contributed by atoms with Crippen molar-refractivity contribution in [2.45, 2.75) is 32.6 Å². The van der Waals surface area contributed by atoms with Crippen LogP contribution >= 0.6 is 11.3 Å². The molecule has 0 unspecified atom stereocenters. The van der Waals surface area contributed by atoms with Crippen molar-refractivity contribution in [2.75, 3.05) is 18.0 Å². The molecule has 1 saturated heterocycles. The number of carboxylic acids is 1. The maximum atomic E-state index is 11.8. The molecule has 1 saturated carbocycles. The zero-order valence-electron chi connectivity index (χ0n) is 12.6. The van der Waals surface area contributed by atoms with Gasteiger partial charge in [-0.2, -0.15) is 0 Å². The Hall–Kier alpha value is -1.69. The molecule has 22 heavy (non-hydrogen) atoms. The van der Waals surface area contributed by atoms with Gasteiger partial charge in [0.2, 0.25) is 0 Å². The first-order valence-electron chi connectivity index (χ1n) is 7.86.